The standard InChI is InChI=1S/C19H19ClFNO4/c1-2-3-8-25-18(24)15-14-6-7-19(26-14)10-22(17(23)16(15)19)11-4-5-12(20)13(21)9-11/h4-7,9,14-16H,2-3,8,10H2,1H3. The normalized spacial score (nSPS) is 31.6. The summed E-state index contributed by atoms with van der Waals surface area (Å²) in [6, 6.07) is 4.23. The third kappa shape index (κ3) is 2.55. The molecule has 1 spiro atoms. The smallest absolute Gasteiger partial charge is 0.312 e. The van der Waals surface area contributed by atoms with Gasteiger partial charge < -0.3 is 14.4 Å². The van der Waals surface area contributed by atoms with Gasteiger partial charge in [0.15, 0.2) is 0 Å². The number of amides is 1. The first kappa shape index (κ1) is 17.5. The molecule has 2 fully saturated rings. The number of esters is 1. The predicted molar refractivity (Wildman–Crippen MR) is 93.4 cm³/mol. The second kappa shape index (κ2) is 6.35. The highest BCUT2D eigenvalue weighted by atomic mass is 35.5. The molecule has 7 heteroatoms. The van der Waals surface area contributed by atoms with E-state index < -0.39 is 35.3 Å². The van der Waals surface area contributed by atoms with Crippen LogP contribution in [-0.2, 0) is 19.1 Å². The summed E-state index contributed by atoms with van der Waals surface area (Å²) < 4.78 is 25.2. The van der Waals surface area contributed by atoms with Crippen molar-refractivity contribution in [2.75, 3.05) is 18.1 Å². The number of hydrogen-bond acceptors (Lipinski definition) is 4. The number of unbranched alkanes of at least 4 members (excludes halogenated alkanes) is 1. The molecular weight excluding hydrogens is 361 g/mol. The van der Waals surface area contributed by atoms with E-state index >= 15 is 0 Å². The van der Waals surface area contributed by atoms with Crippen molar-refractivity contribution < 1.29 is 23.5 Å². The zero-order valence-corrected chi connectivity index (χ0v) is 15.0. The Morgan fingerprint density at radius 2 is 2.31 bits per heavy atom. The minimum absolute atomic E-state index is 0.00629. The van der Waals surface area contributed by atoms with Crippen molar-refractivity contribution in [2.45, 2.75) is 31.5 Å². The van der Waals surface area contributed by atoms with Gasteiger partial charge >= 0.3 is 5.97 Å². The van der Waals surface area contributed by atoms with E-state index in [-0.39, 0.29) is 17.5 Å². The van der Waals surface area contributed by atoms with Crippen molar-refractivity contribution in [1.82, 2.24) is 0 Å². The number of halogens is 2. The minimum atomic E-state index is -0.855. The molecule has 0 saturated carbocycles. The molecule has 4 rings (SSSR count). The molecule has 26 heavy (non-hydrogen) atoms. The van der Waals surface area contributed by atoms with Gasteiger partial charge in [-0.2, -0.15) is 0 Å². The highest BCUT2D eigenvalue weighted by Crippen LogP contribution is 2.53. The molecule has 3 heterocycles. The number of fused-ring (bicyclic) bond motifs is 1. The number of carbonyl (C=O) groups is 2. The molecule has 2 saturated heterocycles. The summed E-state index contributed by atoms with van der Waals surface area (Å²) in [5, 5.41) is -0.00629. The number of rotatable bonds is 5. The second-order valence-corrected chi connectivity index (χ2v) is 7.35. The summed E-state index contributed by atoms with van der Waals surface area (Å²) in [6.07, 6.45) is 4.92. The van der Waals surface area contributed by atoms with E-state index in [9.17, 15) is 14.0 Å². The molecule has 0 N–H and O–H groups in total. The van der Waals surface area contributed by atoms with E-state index in [1.54, 1.807) is 6.07 Å². The number of hydrogen-bond donors (Lipinski definition) is 0. The molecule has 3 aliphatic rings. The highest BCUT2D eigenvalue weighted by molar-refractivity contribution is 6.30. The first-order valence-corrected chi connectivity index (χ1v) is 9.15. The molecule has 4 atom stereocenters. The van der Waals surface area contributed by atoms with E-state index in [0.717, 1.165) is 12.8 Å². The molecule has 5 nitrogen and oxygen atoms in total. The van der Waals surface area contributed by atoms with Crippen LogP contribution in [0.1, 0.15) is 19.8 Å². The Kier molecular flexibility index (Phi) is 4.28. The lowest BCUT2D eigenvalue weighted by molar-refractivity contribution is -0.152. The Morgan fingerprint density at radius 3 is 3.04 bits per heavy atom. The molecule has 1 aromatic rings. The molecule has 2 bridgehead atoms. The summed E-state index contributed by atoms with van der Waals surface area (Å²) in [4.78, 5) is 27.1. The third-order valence-electron chi connectivity index (χ3n) is 5.33. The monoisotopic (exact) mass is 379 g/mol. The maximum Gasteiger partial charge on any atom is 0.312 e. The van der Waals surface area contributed by atoms with E-state index in [4.69, 9.17) is 21.1 Å². The summed E-state index contributed by atoms with van der Waals surface area (Å²) in [5.74, 6) is -2.56. The molecular formula is C19H19ClFNO4. The van der Waals surface area contributed by atoms with Crippen LogP contribution in [0.2, 0.25) is 5.02 Å². The van der Waals surface area contributed by atoms with E-state index in [1.807, 2.05) is 19.1 Å². The van der Waals surface area contributed by atoms with Gasteiger partial charge in [0.2, 0.25) is 5.91 Å². The summed E-state index contributed by atoms with van der Waals surface area (Å²) in [7, 11) is 0. The number of anilines is 1. The second-order valence-electron chi connectivity index (χ2n) is 6.94. The molecule has 1 aromatic carbocycles. The molecule has 0 radical (unpaired) electrons. The molecule has 0 aliphatic carbocycles. The van der Waals surface area contributed by atoms with Gasteiger partial charge in [0, 0.05) is 5.69 Å². The minimum Gasteiger partial charge on any atom is -0.465 e. The number of ether oxygens (including phenoxy) is 2. The summed E-state index contributed by atoms with van der Waals surface area (Å²) in [6.45, 7) is 2.58. The van der Waals surface area contributed by atoms with Gasteiger partial charge in [-0.15, -0.1) is 0 Å². The Labute approximate surface area is 155 Å². The Bertz CT molecular complexity index is 798. The van der Waals surface area contributed by atoms with Crippen LogP contribution in [0.3, 0.4) is 0 Å². The molecule has 138 valence electrons. The topological polar surface area (TPSA) is 55.8 Å². The number of carbonyl (C=O) groups excluding carboxylic acids is 2. The molecule has 4 unspecified atom stereocenters. The van der Waals surface area contributed by atoms with Crippen molar-refractivity contribution in [3.05, 3.63) is 41.2 Å². The average Bonchev–Trinajstić information content (AvgIpc) is 3.26. The zero-order valence-electron chi connectivity index (χ0n) is 14.3. The number of benzene rings is 1. The van der Waals surface area contributed by atoms with Gasteiger partial charge in [0.05, 0.1) is 30.2 Å². The SMILES string of the molecule is CCCCOC(=O)C1C2C=CC3(CN(c4ccc(Cl)c(F)c4)C(=O)C13)O2. The largest absolute Gasteiger partial charge is 0.465 e. The predicted octanol–water partition coefficient (Wildman–Crippen LogP) is 3.11. The van der Waals surface area contributed by atoms with E-state index in [0.29, 0.717) is 12.3 Å². The van der Waals surface area contributed by atoms with Crippen LogP contribution in [0.15, 0.2) is 30.4 Å². The Hall–Kier alpha value is -1.92. The van der Waals surface area contributed by atoms with Crippen LogP contribution in [-0.4, -0.2) is 36.7 Å². The van der Waals surface area contributed by atoms with Crippen LogP contribution >= 0.6 is 11.6 Å². The van der Waals surface area contributed by atoms with Gasteiger partial charge in [-0.05, 0) is 24.6 Å². The third-order valence-corrected chi connectivity index (χ3v) is 5.64. The molecule has 0 aromatic heterocycles. The first-order valence-electron chi connectivity index (χ1n) is 8.77. The number of nitrogens with zero attached hydrogens (tertiary/aromatic N) is 1. The van der Waals surface area contributed by atoms with Gasteiger partial charge in [-0.3, -0.25) is 9.59 Å². The lowest BCUT2D eigenvalue weighted by atomic mass is 9.77. The van der Waals surface area contributed by atoms with Crippen molar-refractivity contribution in [3.63, 3.8) is 0 Å². The first-order chi connectivity index (χ1) is 12.5. The van der Waals surface area contributed by atoms with Crippen LogP contribution in [0.25, 0.3) is 0 Å². The quantitative estimate of drug-likeness (QED) is 0.448. The Balaban J connectivity index is 1.60. The average molecular weight is 380 g/mol. The van der Waals surface area contributed by atoms with Gasteiger partial charge in [0.25, 0.3) is 0 Å². The van der Waals surface area contributed by atoms with E-state index in [2.05, 4.69) is 0 Å². The van der Waals surface area contributed by atoms with Gasteiger partial charge in [-0.25, -0.2) is 4.39 Å². The van der Waals surface area contributed by atoms with Crippen LogP contribution < -0.4 is 4.90 Å². The van der Waals surface area contributed by atoms with Crippen molar-refractivity contribution in [1.29, 1.82) is 0 Å². The van der Waals surface area contributed by atoms with Gasteiger partial charge in [0.1, 0.15) is 17.3 Å². The summed E-state index contributed by atoms with van der Waals surface area (Å²) in [5.41, 5.74) is -0.453. The van der Waals surface area contributed by atoms with Crippen molar-refractivity contribution in [2.24, 2.45) is 11.8 Å². The molecule has 3 aliphatic heterocycles. The highest BCUT2D eigenvalue weighted by Gasteiger charge is 2.67. The lowest BCUT2D eigenvalue weighted by Crippen LogP contribution is -2.40. The van der Waals surface area contributed by atoms with Crippen LogP contribution in [0, 0.1) is 17.7 Å². The van der Waals surface area contributed by atoms with Crippen LogP contribution in [0.5, 0.6) is 0 Å². The van der Waals surface area contributed by atoms with E-state index in [1.165, 1.54) is 17.0 Å². The fraction of sp³-hybridized carbons (Fsp3) is 0.474. The fourth-order valence-electron chi connectivity index (χ4n) is 4.05. The van der Waals surface area contributed by atoms with Crippen molar-refractivity contribution >= 4 is 29.2 Å². The van der Waals surface area contributed by atoms with Gasteiger partial charge in [-0.1, -0.05) is 37.1 Å². The lowest BCUT2D eigenvalue weighted by Gasteiger charge is -2.22. The maximum absolute atomic E-state index is 13.8. The maximum atomic E-state index is 13.8. The van der Waals surface area contributed by atoms with Crippen LogP contribution in [0.4, 0.5) is 10.1 Å². The Morgan fingerprint density at radius 1 is 1.50 bits per heavy atom. The fourth-order valence-corrected chi connectivity index (χ4v) is 4.17. The molecule has 1 amide bonds. The summed E-state index contributed by atoms with van der Waals surface area (Å²) >= 11 is 5.73. The zero-order chi connectivity index (χ0) is 18.5. The van der Waals surface area contributed by atoms with Crippen molar-refractivity contribution in [3.8, 4) is 0 Å².